The Morgan fingerprint density at radius 3 is 2.81 bits per heavy atom. The first kappa shape index (κ1) is 16.2. The van der Waals surface area contributed by atoms with Crippen LogP contribution in [0.4, 0.5) is 4.39 Å². The van der Waals surface area contributed by atoms with Crippen LogP contribution in [-0.2, 0) is 6.42 Å². The first-order valence-electron chi connectivity index (χ1n) is 8.15. The highest BCUT2D eigenvalue weighted by molar-refractivity contribution is 5.93. The normalized spacial score (nSPS) is 17.3. The molecule has 0 saturated carbocycles. The van der Waals surface area contributed by atoms with Crippen molar-refractivity contribution in [3.63, 3.8) is 0 Å². The standard InChI is InChI=1S/C18H18FN7/c1-25-16(21)10-15(20)23-18(25)26-14-7-4-8-22-17(14)13(24-26)9-11-5-2-3-6-12(11)19/h2-8,10,16H,9,20-21H2,1H3. The highest BCUT2D eigenvalue weighted by atomic mass is 19.1. The zero-order valence-electron chi connectivity index (χ0n) is 14.2. The van der Waals surface area contributed by atoms with Gasteiger partial charge in [0.2, 0.25) is 5.96 Å². The highest BCUT2D eigenvalue weighted by Crippen LogP contribution is 2.22. The second-order valence-electron chi connectivity index (χ2n) is 6.10. The third-order valence-corrected chi connectivity index (χ3v) is 4.35. The molecule has 7 nitrogen and oxygen atoms in total. The van der Waals surface area contributed by atoms with Gasteiger partial charge < -0.3 is 16.4 Å². The van der Waals surface area contributed by atoms with Gasteiger partial charge in [-0.1, -0.05) is 18.2 Å². The maximum absolute atomic E-state index is 14.1. The molecule has 4 rings (SSSR count). The van der Waals surface area contributed by atoms with Crippen LogP contribution in [-0.4, -0.2) is 38.8 Å². The monoisotopic (exact) mass is 351 g/mol. The van der Waals surface area contributed by atoms with Crippen LogP contribution in [0.2, 0.25) is 0 Å². The Bertz CT molecular complexity index is 1040. The van der Waals surface area contributed by atoms with Crippen molar-refractivity contribution < 1.29 is 4.39 Å². The molecule has 26 heavy (non-hydrogen) atoms. The lowest BCUT2D eigenvalue weighted by atomic mass is 10.1. The Morgan fingerprint density at radius 2 is 2.00 bits per heavy atom. The third kappa shape index (κ3) is 2.70. The molecular formula is C18H18FN7. The van der Waals surface area contributed by atoms with Crippen LogP contribution in [0.1, 0.15) is 11.3 Å². The molecule has 3 aromatic rings. The van der Waals surface area contributed by atoms with Crippen LogP contribution in [0.15, 0.2) is 59.5 Å². The van der Waals surface area contributed by atoms with E-state index in [1.807, 2.05) is 19.2 Å². The SMILES string of the molecule is CN1C(n2nc(Cc3ccccc3F)c3ncccc32)=NC(N)=CC1N. The summed E-state index contributed by atoms with van der Waals surface area (Å²) in [5, 5.41) is 4.65. The van der Waals surface area contributed by atoms with E-state index in [4.69, 9.17) is 11.5 Å². The van der Waals surface area contributed by atoms with Gasteiger partial charge in [-0.15, -0.1) is 0 Å². The highest BCUT2D eigenvalue weighted by Gasteiger charge is 2.24. The molecule has 0 fully saturated rings. The molecule has 0 radical (unpaired) electrons. The van der Waals surface area contributed by atoms with Crippen LogP contribution in [0.5, 0.6) is 0 Å². The van der Waals surface area contributed by atoms with Crippen LogP contribution < -0.4 is 11.5 Å². The number of benzene rings is 1. The number of hydrogen-bond acceptors (Lipinski definition) is 6. The third-order valence-electron chi connectivity index (χ3n) is 4.35. The Labute approximate surface area is 149 Å². The Hall–Kier alpha value is -3.26. The molecule has 2 aromatic heterocycles. The molecular weight excluding hydrogens is 333 g/mol. The van der Waals surface area contributed by atoms with E-state index in [2.05, 4.69) is 15.1 Å². The summed E-state index contributed by atoms with van der Waals surface area (Å²) in [6, 6.07) is 10.3. The van der Waals surface area contributed by atoms with E-state index in [0.29, 0.717) is 35.0 Å². The largest absolute Gasteiger partial charge is 0.384 e. The van der Waals surface area contributed by atoms with Crippen molar-refractivity contribution in [3.8, 4) is 0 Å². The number of nitrogens with zero attached hydrogens (tertiary/aromatic N) is 5. The lowest BCUT2D eigenvalue weighted by Gasteiger charge is -2.28. The van der Waals surface area contributed by atoms with Gasteiger partial charge in [0.25, 0.3) is 0 Å². The number of aliphatic imine (C=N–C) groups is 1. The average molecular weight is 351 g/mol. The zero-order valence-corrected chi connectivity index (χ0v) is 14.2. The number of likely N-dealkylation sites (N-methyl/N-ethyl adjacent to an activating group) is 1. The summed E-state index contributed by atoms with van der Waals surface area (Å²) in [5.74, 6) is 0.552. The topological polar surface area (TPSA) is 98.3 Å². The fraction of sp³-hybridized carbons (Fsp3) is 0.167. The van der Waals surface area contributed by atoms with Crippen molar-refractivity contribution in [1.82, 2.24) is 19.7 Å². The van der Waals surface area contributed by atoms with Crippen LogP contribution in [0.3, 0.4) is 0 Å². The summed E-state index contributed by atoms with van der Waals surface area (Å²) in [4.78, 5) is 10.6. The minimum absolute atomic E-state index is 0.271. The Balaban J connectivity index is 1.85. The van der Waals surface area contributed by atoms with E-state index in [1.165, 1.54) is 6.07 Å². The molecule has 1 aliphatic rings. The van der Waals surface area contributed by atoms with Crippen molar-refractivity contribution in [1.29, 1.82) is 0 Å². The van der Waals surface area contributed by atoms with Gasteiger partial charge in [0, 0.05) is 19.7 Å². The fourth-order valence-electron chi connectivity index (χ4n) is 2.95. The van der Waals surface area contributed by atoms with E-state index in [1.54, 1.807) is 40.1 Å². The smallest absolute Gasteiger partial charge is 0.230 e. The summed E-state index contributed by atoms with van der Waals surface area (Å²) in [7, 11) is 1.81. The molecule has 1 atom stereocenters. The number of halogens is 1. The average Bonchev–Trinajstić information content (AvgIpc) is 2.99. The predicted molar refractivity (Wildman–Crippen MR) is 97.6 cm³/mol. The summed E-state index contributed by atoms with van der Waals surface area (Å²) in [6.45, 7) is 0. The molecule has 3 heterocycles. The summed E-state index contributed by atoms with van der Waals surface area (Å²) in [6.07, 6.45) is 3.26. The predicted octanol–water partition coefficient (Wildman–Crippen LogP) is 1.40. The molecule has 132 valence electrons. The summed E-state index contributed by atoms with van der Waals surface area (Å²) >= 11 is 0. The van der Waals surface area contributed by atoms with Gasteiger partial charge in [0.1, 0.15) is 23.3 Å². The fourth-order valence-corrected chi connectivity index (χ4v) is 2.95. The van der Waals surface area contributed by atoms with E-state index in [9.17, 15) is 4.39 Å². The molecule has 0 saturated heterocycles. The maximum Gasteiger partial charge on any atom is 0.230 e. The molecule has 1 aliphatic heterocycles. The second-order valence-corrected chi connectivity index (χ2v) is 6.10. The number of nitrogens with two attached hydrogens (primary N) is 2. The molecule has 0 aliphatic carbocycles. The van der Waals surface area contributed by atoms with E-state index in [-0.39, 0.29) is 5.82 Å². The molecule has 4 N–H and O–H groups in total. The number of hydrogen-bond donors (Lipinski definition) is 2. The van der Waals surface area contributed by atoms with Crippen molar-refractivity contribution in [2.45, 2.75) is 12.6 Å². The molecule has 1 aromatic carbocycles. The van der Waals surface area contributed by atoms with Crippen LogP contribution >= 0.6 is 0 Å². The van der Waals surface area contributed by atoms with Gasteiger partial charge in [-0.25, -0.2) is 4.39 Å². The minimum atomic E-state index is -0.409. The maximum atomic E-state index is 14.1. The molecule has 0 spiro atoms. The lowest BCUT2D eigenvalue weighted by molar-refractivity contribution is 0.409. The number of aromatic nitrogens is 3. The van der Waals surface area contributed by atoms with Gasteiger partial charge in [-0.05, 0) is 29.8 Å². The van der Waals surface area contributed by atoms with Crippen molar-refractivity contribution in [2.24, 2.45) is 16.5 Å². The van der Waals surface area contributed by atoms with Gasteiger partial charge in [0.15, 0.2) is 0 Å². The van der Waals surface area contributed by atoms with Crippen LogP contribution in [0.25, 0.3) is 11.0 Å². The number of pyridine rings is 1. The van der Waals surface area contributed by atoms with Crippen molar-refractivity contribution in [2.75, 3.05) is 7.05 Å². The first-order valence-corrected chi connectivity index (χ1v) is 8.15. The molecule has 0 amide bonds. The number of fused-ring (bicyclic) bond motifs is 1. The van der Waals surface area contributed by atoms with E-state index < -0.39 is 6.17 Å². The Kier molecular flexibility index (Phi) is 3.89. The lowest BCUT2D eigenvalue weighted by Crippen LogP contribution is -2.47. The molecule has 8 heteroatoms. The van der Waals surface area contributed by atoms with Gasteiger partial charge >= 0.3 is 0 Å². The zero-order chi connectivity index (χ0) is 18.3. The summed E-state index contributed by atoms with van der Waals surface area (Å²) < 4.78 is 15.7. The first-order chi connectivity index (χ1) is 12.5. The van der Waals surface area contributed by atoms with Gasteiger partial charge in [-0.3, -0.25) is 4.98 Å². The van der Waals surface area contributed by atoms with Crippen molar-refractivity contribution >= 4 is 17.0 Å². The number of rotatable bonds is 2. The van der Waals surface area contributed by atoms with Crippen molar-refractivity contribution in [3.05, 3.63) is 71.6 Å². The van der Waals surface area contributed by atoms with E-state index in [0.717, 1.165) is 5.52 Å². The molecule has 1 unspecified atom stereocenters. The van der Waals surface area contributed by atoms with Gasteiger partial charge in [-0.2, -0.15) is 14.8 Å². The quantitative estimate of drug-likeness (QED) is 0.727. The Morgan fingerprint density at radius 1 is 1.19 bits per heavy atom. The van der Waals surface area contributed by atoms with E-state index >= 15 is 0 Å². The van der Waals surface area contributed by atoms with Gasteiger partial charge in [0.05, 0.1) is 11.2 Å². The second kappa shape index (κ2) is 6.23. The van der Waals surface area contributed by atoms with Crippen LogP contribution in [0, 0.1) is 5.82 Å². The molecule has 0 bridgehead atoms. The minimum Gasteiger partial charge on any atom is -0.384 e. The summed E-state index contributed by atoms with van der Waals surface area (Å²) in [5.41, 5.74) is 14.6.